The number of hydrogen-bond donors (Lipinski definition) is 0. The normalized spacial score (nSPS) is 20.6. The smallest absolute Gasteiger partial charge is 0.0321 e. The van der Waals surface area contributed by atoms with Crippen LogP contribution in [-0.2, 0) is 0 Å². The van der Waals surface area contributed by atoms with Gasteiger partial charge in [0.1, 0.15) is 0 Å². The highest BCUT2D eigenvalue weighted by Gasteiger charge is 2.17. The first-order valence-corrected chi connectivity index (χ1v) is 6.25. The highest BCUT2D eigenvalue weighted by Crippen LogP contribution is 2.22. The number of rotatable bonds is 2. The zero-order valence-electron chi connectivity index (χ0n) is 8.52. The molecule has 0 saturated carbocycles. The number of nitrogens with zero attached hydrogens (tertiary/aromatic N) is 2. The van der Waals surface area contributed by atoms with E-state index in [0.29, 0.717) is 6.04 Å². The van der Waals surface area contributed by atoms with Crippen molar-refractivity contribution in [3.63, 3.8) is 0 Å². The third kappa shape index (κ3) is 2.28. The predicted molar refractivity (Wildman–Crippen MR) is 61.6 cm³/mol. The highest BCUT2D eigenvalue weighted by atomic mass is 32.2. The van der Waals surface area contributed by atoms with Gasteiger partial charge in [-0.15, -0.1) is 0 Å². The Kier molecular flexibility index (Phi) is 3.43. The summed E-state index contributed by atoms with van der Waals surface area (Å²) >= 11 is 2.06. The first-order valence-electron chi connectivity index (χ1n) is 5.09. The van der Waals surface area contributed by atoms with E-state index in [2.05, 4.69) is 40.7 Å². The number of aromatic nitrogens is 1. The van der Waals surface area contributed by atoms with Gasteiger partial charge in [0.15, 0.2) is 0 Å². The zero-order valence-corrected chi connectivity index (χ0v) is 9.33. The van der Waals surface area contributed by atoms with Gasteiger partial charge in [-0.25, -0.2) is 0 Å². The van der Waals surface area contributed by atoms with Crippen LogP contribution in [0.15, 0.2) is 24.5 Å². The Balaban J connectivity index is 2.03. The standard InChI is InChI=1S/C11H16N2S/c1-10(11-2-4-12-5-3-11)13-6-8-14-9-7-13/h2-5,10H,6-9H2,1H3/t10-/m0/s1. The van der Waals surface area contributed by atoms with Crippen molar-refractivity contribution in [3.8, 4) is 0 Å². The lowest BCUT2D eigenvalue weighted by molar-refractivity contribution is 0.233. The second-order valence-electron chi connectivity index (χ2n) is 3.60. The van der Waals surface area contributed by atoms with Crippen LogP contribution in [0, 0.1) is 0 Å². The molecule has 0 radical (unpaired) electrons. The maximum Gasteiger partial charge on any atom is 0.0321 e. The van der Waals surface area contributed by atoms with E-state index in [0.717, 1.165) is 0 Å². The molecule has 14 heavy (non-hydrogen) atoms. The quantitative estimate of drug-likeness (QED) is 0.741. The Labute approximate surface area is 89.7 Å². The van der Waals surface area contributed by atoms with Crippen LogP contribution in [0.1, 0.15) is 18.5 Å². The average Bonchev–Trinajstić information content (AvgIpc) is 2.30. The van der Waals surface area contributed by atoms with Crippen molar-refractivity contribution in [2.24, 2.45) is 0 Å². The van der Waals surface area contributed by atoms with Crippen molar-refractivity contribution < 1.29 is 0 Å². The van der Waals surface area contributed by atoms with Crippen LogP contribution in [0.25, 0.3) is 0 Å². The molecule has 1 aliphatic rings. The van der Waals surface area contributed by atoms with Crippen molar-refractivity contribution in [3.05, 3.63) is 30.1 Å². The van der Waals surface area contributed by atoms with Crippen LogP contribution in [0.2, 0.25) is 0 Å². The summed E-state index contributed by atoms with van der Waals surface area (Å²) in [7, 11) is 0. The number of hydrogen-bond acceptors (Lipinski definition) is 3. The minimum Gasteiger partial charge on any atom is -0.295 e. The Morgan fingerprint density at radius 2 is 1.93 bits per heavy atom. The molecule has 1 aromatic rings. The molecule has 2 heterocycles. The molecule has 0 bridgehead atoms. The first-order chi connectivity index (χ1) is 6.88. The van der Waals surface area contributed by atoms with Crippen molar-refractivity contribution in [2.75, 3.05) is 24.6 Å². The van der Waals surface area contributed by atoms with E-state index < -0.39 is 0 Å². The second-order valence-corrected chi connectivity index (χ2v) is 4.83. The van der Waals surface area contributed by atoms with Crippen molar-refractivity contribution in [1.82, 2.24) is 9.88 Å². The molecule has 0 spiro atoms. The summed E-state index contributed by atoms with van der Waals surface area (Å²) in [6.07, 6.45) is 3.76. The van der Waals surface area contributed by atoms with Gasteiger partial charge in [-0.2, -0.15) is 11.8 Å². The van der Waals surface area contributed by atoms with E-state index in [-0.39, 0.29) is 0 Å². The van der Waals surface area contributed by atoms with E-state index >= 15 is 0 Å². The molecule has 2 rings (SSSR count). The number of pyridine rings is 1. The van der Waals surface area contributed by atoms with Crippen LogP contribution >= 0.6 is 11.8 Å². The summed E-state index contributed by atoms with van der Waals surface area (Å²) in [6.45, 7) is 4.72. The van der Waals surface area contributed by atoms with E-state index in [9.17, 15) is 0 Å². The predicted octanol–water partition coefficient (Wildman–Crippen LogP) is 2.19. The lowest BCUT2D eigenvalue weighted by Crippen LogP contribution is -2.34. The van der Waals surface area contributed by atoms with Crippen molar-refractivity contribution >= 4 is 11.8 Å². The summed E-state index contributed by atoms with van der Waals surface area (Å²) in [6, 6.07) is 4.78. The van der Waals surface area contributed by atoms with Crippen molar-refractivity contribution in [2.45, 2.75) is 13.0 Å². The minimum absolute atomic E-state index is 0.541. The monoisotopic (exact) mass is 208 g/mol. The second kappa shape index (κ2) is 4.80. The van der Waals surface area contributed by atoms with Crippen LogP contribution in [0.4, 0.5) is 0 Å². The van der Waals surface area contributed by atoms with Gasteiger partial charge in [-0.05, 0) is 24.6 Å². The van der Waals surface area contributed by atoms with Crippen LogP contribution in [0.3, 0.4) is 0 Å². The van der Waals surface area contributed by atoms with Crippen molar-refractivity contribution in [1.29, 1.82) is 0 Å². The van der Waals surface area contributed by atoms with E-state index in [1.165, 1.54) is 30.2 Å². The highest BCUT2D eigenvalue weighted by molar-refractivity contribution is 7.99. The lowest BCUT2D eigenvalue weighted by atomic mass is 10.1. The summed E-state index contributed by atoms with van der Waals surface area (Å²) < 4.78 is 0. The molecule has 1 fully saturated rings. The molecule has 76 valence electrons. The third-order valence-corrected chi connectivity index (χ3v) is 3.72. The third-order valence-electron chi connectivity index (χ3n) is 2.78. The molecule has 1 saturated heterocycles. The summed E-state index contributed by atoms with van der Waals surface area (Å²) in [5.41, 5.74) is 1.38. The van der Waals surface area contributed by atoms with E-state index in [1.54, 1.807) is 0 Å². The molecular weight excluding hydrogens is 192 g/mol. The molecule has 0 N–H and O–H groups in total. The van der Waals surface area contributed by atoms with E-state index in [4.69, 9.17) is 0 Å². The molecule has 0 aromatic carbocycles. The van der Waals surface area contributed by atoms with Crippen LogP contribution in [0.5, 0.6) is 0 Å². The van der Waals surface area contributed by atoms with Gasteiger partial charge in [0.2, 0.25) is 0 Å². The molecule has 1 aliphatic heterocycles. The average molecular weight is 208 g/mol. The first kappa shape index (κ1) is 9.99. The maximum absolute atomic E-state index is 4.05. The van der Waals surface area contributed by atoms with Gasteiger partial charge in [-0.3, -0.25) is 9.88 Å². The summed E-state index contributed by atoms with van der Waals surface area (Å²) in [5, 5.41) is 0. The van der Waals surface area contributed by atoms with Gasteiger partial charge in [0.05, 0.1) is 0 Å². The fourth-order valence-corrected chi connectivity index (χ4v) is 2.75. The molecule has 0 amide bonds. The van der Waals surface area contributed by atoms with Gasteiger partial charge >= 0.3 is 0 Å². The topological polar surface area (TPSA) is 16.1 Å². The van der Waals surface area contributed by atoms with E-state index in [1.807, 2.05) is 12.4 Å². The zero-order chi connectivity index (χ0) is 9.80. The molecular formula is C11H16N2S. The largest absolute Gasteiger partial charge is 0.295 e. The molecule has 2 nitrogen and oxygen atoms in total. The minimum atomic E-state index is 0.541. The van der Waals surface area contributed by atoms with Gasteiger partial charge in [-0.1, -0.05) is 0 Å². The van der Waals surface area contributed by atoms with Gasteiger partial charge < -0.3 is 0 Å². The van der Waals surface area contributed by atoms with Crippen LogP contribution < -0.4 is 0 Å². The fourth-order valence-electron chi connectivity index (χ4n) is 1.82. The molecule has 1 aromatic heterocycles. The van der Waals surface area contributed by atoms with Crippen LogP contribution in [-0.4, -0.2) is 34.5 Å². The molecule has 3 heteroatoms. The number of thioether (sulfide) groups is 1. The Morgan fingerprint density at radius 3 is 2.57 bits per heavy atom. The van der Waals surface area contributed by atoms with Gasteiger partial charge in [0, 0.05) is 43.0 Å². The Morgan fingerprint density at radius 1 is 1.29 bits per heavy atom. The molecule has 1 atom stereocenters. The molecule has 0 aliphatic carbocycles. The fraction of sp³-hybridized carbons (Fsp3) is 0.545. The Hall–Kier alpha value is -0.540. The Bertz CT molecular complexity index is 270. The SMILES string of the molecule is C[C@@H](c1ccncc1)N1CCSCC1. The summed E-state index contributed by atoms with van der Waals surface area (Å²) in [4.78, 5) is 6.60. The summed E-state index contributed by atoms with van der Waals surface area (Å²) in [5.74, 6) is 2.55. The van der Waals surface area contributed by atoms with Gasteiger partial charge in [0.25, 0.3) is 0 Å². The molecule has 0 unspecified atom stereocenters. The lowest BCUT2D eigenvalue weighted by Gasteiger charge is -2.32. The maximum atomic E-state index is 4.05.